The van der Waals surface area contributed by atoms with Crippen molar-refractivity contribution >= 4 is 0 Å². The van der Waals surface area contributed by atoms with E-state index in [0.717, 1.165) is 17.4 Å². The third kappa shape index (κ3) is 17.2. The molecule has 0 unspecified atom stereocenters. The Morgan fingerprint density at radius 3 is 1.53 bits per heavy atom. The molecule has 3 heteroatoms. The second-order valence-corrected chi connectivity index (χ2v) is 9.44. The lowest BCUT2D eigenvalue weighted by molar-refractivity contribution is -0.903. The van der Waals surface area contributed by atoms with Crippen molar-refractivity contribution in [2.75, 3.05) is 27.2 Å². The first-order chi connectivity index (χ1) is 15.1. The van der Waals surface area contributed by atoms with Crippen molar-refractivity contribution in [3.8, 4) is 0 Å². The molecular formula is C29H48ClNO. The minimum Gasteiger partial charge on any atom is -1.00 e. The molecule has 0 fully saturated rings. The van der Waals surface area contributed by atoms with Gasteiger partial charge in [0.05, 0.1) is 20.6 Å². The van der Waals surface area contributed by atoms with E-state index in [1.807, 2.05) is 30.3 Å². The fraction of sp³-hybridized carbons (Fsp3) is 0.586. The smallest absolute Gasteiger partial charge is 0.104 e. The lowest BCUT2D eigenvalue weighted by Crippen LogP contribution is -3.00. The van der Waals surface area contributed by atoms with Crippen LogP contribution in [0.4, 0.5) is 0 Å². The van der Waals surface area contributed by atoms with Gasteiger partial charge in [0.2, 0.25) is 0 Å². The molecule has 0 bridgehead atoms. The third-order valence-corrected chi connectivity index (χ3v) is 5.81. The molecule has 182 valence electrons. The van der Waals surface area contributed by atoms with E-state index in [0.29, 0.717) is 0 Å². The van der Waals surface area contributed by atoms with E-state index in [-0.39, 0.29) is 19.0 Å². The summed E-state index contributed by atoms with van der Waals surface area (Å²) in [5.74, 6) is 0. The van der Waals surface area contributed by atoms with Gasteiger partial charge in [0.15, 0.2) is 0 Å². The normalized spacial score (nSPS) is 10.8. The average molecular weight is 462 g/mol. The lowest BCUT2D eigenvalue weighted by Gasteiger charge is -2.30. The van der Waals surface area contributed by atoms with Crippen molar-refractivity contribution in [3.05, 3.63) is 71.8 Å². The minimum absolute atomic E-state index is 0. The van der Waals surface area contributed by atoms with Crippen molar-refractivity contribution in [3.63, 3.8) is 0 Å². The summed E-state index contributed by atoms with van der Waals surface area (Å²) in [5.41, 5.74) is 2.65. The molecule has 0 amide bonds. The maximum Gasteiger partial charge on any atom is 0.104 e. The highest BCUT2D eigenvalue weighted by Gasteiger charge is 2.14. The van der Waals surface area contributed by atoms with Gasteiger partial charge in [0.25, 0.3) is 0 Å². The van der Waals surface area contributed by atoms with Crippen LogP contribution in [0.1, 0.15) is 82.3 Å². The fourth-order valence-corrected chi connectivity index (χ4v) is 3.96. The number of benzene rings is 2. The number of halogens is 1. The second-order valence-electron chi connectivity index (χ2n) is 9.44. The molecule has 0 radical (unpaired) electrons. The highest BCUT2D eigenvalue weighted by Crippen LogP contribution is 2.14. The highest BCUT2D eigenvalue weighted by molar-refractivity contribution is 5.14. The Kier molecular flexibility index (Phi) is 19.4. The first kappa shape index (κ1) is 30.6. The summed E-state index contributed by atoms with van der Waals surface area (Å²) in [7, 11) is 4.72. The summed E-state index contributed by atoms with van der Waals surface area (Å²) in [6.07, 6.45) is 15.0. The summed E-state index contributed by atoms with van der Waals surface area (Å²) in [6, 6.07) is 20.8. The van der Waals surface area contributed by atoms with Gasteiger partial charge in [0, 0.05) is 12.2 Å². The van der Waals surface area contributed by atoms with Gasteiger partial charge in [0.1, 0.15) is 6.54 Å². The number of rotatable bonds is 15. The number of nitrogens with zero attached hydrogens (tertiary/aromatic N) is 1. The average Bonchev–Trinajstić information content (AvgIpc) is 2.77. The minimum atomic E-state index is 0. The number of unbranched alkanes of at least 4 members (excludes halogenated alkanes) is 9. The zero-order valence-electron chi connectivity index (χ0n) is 20.9. The Bertz CT molecular complexity index is 630. The van der Waals surface area contributed by atoms with E-state index in [4.69, 9.17) is 5.11 Å². The predicted molar refractivity (Wildman–Crippen MR) is 136 cm³/mol. The molecule has 2 aromatic carbocycles. The first-order valence-corrected chi connectivity index (χ1v) is 12.6. The largest absolute Gasteiger partial charge is 1.00 e. The van der Waals surface area contributed by atoms with E-state index in [9.17, 15) is 0 Å². The van der Waals surface area contributed by atoms with Gasteiger partial charge in [-0.25, -0.2) is 0 Å². The van der Waals surface area contributed by atoms with Gasteiger partial charge in [-0.05, 0) is 24.8 Å². The zero-order valence-corrected chi connectivity index (χ0v) is 21.7. The molecule has 1 N–H and O–H groups in total. The standard InChI is InChI=1S/C21H38N.C8H10O.ClH/c1-4-5-6-7-8-9-10-11-12-16-19-22(2,3)20-21-17-14-13-15-18-21;9-7-6-8-4-2-1-3-5-8;/h13-15,17-18H,4-12,16,19-20H2,1-3H3;1-5,9H,6-7H2;1H/q+1;;/p-1. The Morgan fingerprint density at radius 1 is 0.625 bits per heavy atom. The summed E-state index contributed by atoms with van der Waals surface area (Å²) in [6.45, 7) is 4.98. The number of aliphatic hydroxyl groups is 1. The SMILES string of the molecule is CCCCCCCCCCCC[N+](C)(C)Cc1ccccc1.OCCc1ccccc1.[Cl-]. The summed E-state index contributed by atoms with van der Waals surface area (Å²) in [4.78, 5) is 0. The molecule has 0 spiro atoms. The van der Waals surface area contributed by atoms with Crippen LogP contribution in [0.15, 0.2) is 60.7 Å². The summed E-state index contributed by atoms with van der Waals surface area (Å²) >= 11 is 0. The van der Waals surface area contributed by atoms with Gasteiger partial charge in [-0.2, -0.15) is 0 Å². The molecule has 0 aliphatic carbocycles. The van der Waals surface area contributed by atoms with E-state index < -0.39 is 0 Å². The Hall–Kier alpha value is -1.35. The van der Waals surface area contributed by atoms with E-state index in [2.05, 4.69) is 51.4 Å². The van der Waals surface area contributed by atoms with Gasteiger partial charge >= 0.3 is 0 Å². The number of hydrogen-bond acceptors (Lipinski definition) is 1. The molecule has 0 atom stereocenters. The molecule has 2 aromatic rings. The van der Waals surface area contributed by atoms with Crippen molar-refractivity contribution < 1.29 is 22.0 Å². The lowest BCUT2D eigenvalue weighted by atomic mass is 10.1. The molecule has 0 aromatic heterocycles. The monoisotopic (exact) mass is 461 g/mol. The Balaban J connectivity index is 0.000000803. The predicted octanol–water partition coefficient (Wildman–Crippen LogP) is 4.41. The Labute approximate surface area is 205 Å². The van der Waals surface area contributed by atoms with Crippen LogP contribution < -0.4 is 12.4 Å². The van der Waals surface area contributed by atoms with E-state index in [1.165, 1.54) is 81.9 Å². The van der Waals surface area contributed by atoms with Gasteiger partial charge in [-0.1, -0.05) is 119 Å². The zero-order chi connectivity index (χ0) is 22.6. The van der Waals surface area contributed by atoms with Crippen LogP contribution in [0.5, 0.6) is 0 Å². The van der Waals surface area contributed by atoms with Crippen LogP contribution >= 0.6 is 0 Å². The van der Waals surface area contributed by atoms with Crippen molar-refractivity contribution in [1.82, 2.24) is 0 Å². The topological polar surface area (TPSA) is 20.2 Å². The molecule has 0 saturated heterocycles. The third-order valence-electron chi connectivity index (χ3n) is 5.81. The fourth-order valence-electron chi connectivity index (χ4n) is 3.96. The van der Waals surface area contributed by atoms with Crippen LogP contribution in [0.3, 0.4) is 0 Å². The highest BCUT2D eigenvalue weighted by atomic mass is 35.5. The van der Waals surface area contributed by atoms with Crippen molar-refractivity contribution in [2.45, 2.75) is 84.1 Å². The van der Waals surface area contributed by atoms with Crippen LogP contribution in [-0.2, 0) is 13.0 Å². The quantitative estimate of drug-likeness (QED) is 0.307. The molecule has 0 aliphatic rings. The summed E-state index contributed by atoms with van der Waals surface area (Å²) in [5, 5.41) is 8.52. The van der Waals surface area contributed by atoms with Gasteiger partial charge in [-0.3, -0.25) is 0 Å². The molecule has 32 heavy (non-hydrogen) atoms. The molecule has 2 rings (SSSR count). The van der Waals surface area contributed by atoms with Crippen molar-refractivity contribution in [1.29, 1.82) is 0 Å². The van der Waals surface area contributed by atoms with Crippen LogP contribution in [0, 0.1) is 0 Å². The van der Waals surface area contributed by atoms with Crippen molar-refractivity contribution in [2.24, 2.45) is 0 Å². The van der Waals surface area contributed by atoms with E-state index in [1.54, 1.807) is 0 Å². The molecule has 0 saturated carbocycles. The first-order valence-electron chi connectivity index (χ1n) is 12.6. The van der Waals surface area contributed by atoms with Crippen LogP contribution in [-0.4, -0.2) is 36.8 Å². The van der Waals surface area contributed by atoms with Gasteiger partial charge < -0.3 is 22.0 Å². The number of quaternary nitrogens is 1. The maximum absolute atomic E-state index is 8.52. The summed E-state index contributed by atoms with van der Waals surface area (Å²) < 4.78 is 1.11. The molecule has 0 aliphatic heterocycles. The molecule has 2 nitrogen and oxygen atoms in total. The molecular weight excluding hydrogens is 414 g/mol. The van der Waals surface area contributed by atoms with Gasteiger partial charge in [-0.15, -0.1) is 0 Å². The second kappa shape index (κ2) is 20.3. The van der Waals surface area contributed by atoms with Crippen LogP contribution in [0.2, 0.25) is 0 Å². The maximum atomic E-state index is 8.52. The Morgan fingerprint density at radius 2 is 1.06 bits per heavy atom. The molecule has 0 heterocycles. The van der Waals surface area contributed by atoms with Crippen LogP contribution in [0.25, 0.3) is 0 Å². The van der Waals surface area contributed by atoms with E-state index >= 15 is 0 Å². The number of aliphatic hydroxyl groups excluding tert-OH is 1. The number of hydrogen-bond donors (Lipinski definition) is 1.